The number of hydrogen-bond donors (Lipinski definition) is 1. The van der Waals surface area contributed by atoms with Crippen LogP contribution in [0.15, 0.2) is 48.5 Å². The summed E-state index contributed by atoms with van der Waals surface area (Å²) in [5, 5.41) is 8.82. The number of benzene rings is 2. The van der Waals surface area contributed by atoms with Crippen molar-refractivity contribution in [3.8, 4) is 11.8 Å². The standard InChI is InChI=1S/C25H27FN2O2/c1-18(30)28-16-22-15-27(14-20-10-8-19(9-11-20)5-2-3-12-29)17-24(22)25(28)21-6-4-7-23(26)13-21/h4,6-11,13,22,24-25,29H,3,12,14-17H2,1H3/t22-,24-,25-/m1/s1. The van der Waals surface area contributed by atoms with E-state index in [4.69, 9.17) is 5.11 Å². The number of carbonyl (C=O) groups excluding carboxylic acids is 1. The molecule has 1 amide bonds. The van der Waals surface area contributed by atoms with Crippen LogP contribution in [0.25, 0.3) is 0 Å². The van der Waals surface area contributed by atoms with E-state index in [0.717, 1.165) is 37.3 Å². The second-order valence-corrected chi connectivity index (χ2v) is 8.26. The van der Waals surface area contributed by atoms with E-state index >= 15 is 0 Å². The molecular formula is C25H27FN2O2. The van der Waals surface area contributed by atoms with Crippen LogP contribution in [0.5, 0.6) is 0 Å². The van der Waals surface area contributed by atoms with E-state index in [1.807, 2.05) is 23.1 Å². The smallest absolute Gasteiger partial charge is 0.219 e. The molecule has 30 heavy (non-hydrogen) atoms. The van der Waals surface area contributed by atoms with Crippen LogP contribution in [-0.2, 0) is 11.3 Å². The Hall–Kier alpha value is -2.68. The van der Waals surface area contributed by atoms with Crippen molar-refractivity contribution in [2.45, 2.75) is 25.9 Å². The molecular weight excluding hydrogens is 379 g/mol. The lowest BCUT2D eigenvalue weighted by molar-refractivity contribution is -0.130. The summed E-state index contributed by atoms with van der Waals surface area (Å²) in [4.78, 5) is 16.6. The molecule has 2 fully saturated rings. The summed E-state index contributed by atoms with van der Waals surface area (Å²) in [7, 11) is 0. The van der Waals surface area contributed by atoms with Gasteiger partial charge in [0.15, 0.2) is 0 Å². The molecule has 2 heterocycles. The molecule has 2 aliphatic rings. The van der Waals surface area contributed by atoms with Crippen molar-refractivity contribution >= 4 is 5.91 Å². The van der Waals surface area contributed by atoms with Crippen LogP contribution >= 0.6 is 0 Å². The van der Waals surface area contributed by atoms with Gasteiger partial charge in [-0.25, -0.2) is 4.39 Å². The van der Waals surface area contributed by atoms with Crippen molar-refractivity contribution < 1.29 is 14.3 Å². The zero-order valence-electron chi connectivity index (χ0n) is 17.2. The Morgan fingerprint density at radius 1 is 1.17 bits per heavy atom. The first-order valence-electron chi connectivity index (χ1n) is 10.5. The minimum Gasteiger partial charge on any atom is -0.395 e. The zero-order valence-corrected chi connectivity index (χ0v) is 17.2. The van der Waals surface area contributed by atoms with E-state index in [9.17, 15) is 9.18 Å². The van der Waals surface area contributed by atoms with Crippen LogP contribution < -0.4 is 0 Å². The number of halogens is 1. The van der Waals surface area contributed by atoms with E-state index in [2.05, 4.69) is 28.9 Å². The summed E-state index contributed by atoms with van der Waals surface area (Å²) in [6.45, 7) is 5.12. The van der Waals surface area contributed by atoms with Crippen molar-refractivity contribution in [1.82, 2.24) is 9.80 Å². The van der Waals surface area contributed by atoms with Crippen LogP contribution in [0, 0.1) is 29.5 Å². The van der Waals surface area contributed by atoms with Gasteiger partial charge < -0.3 is 10.0 Å². The van der Waals surface area contributed by atoms with Crippen LogP contribution in [0.3, 0.4) is 0 Å². The summed E-state index contributed by atoms with van der Waals surface area (Å²) in [6, 6.07) is 14.9. The molecule has 0 radical (unpaired) electrons. The molecule has 0 spiro atoms. The molecule has 2 saturated heterocycles. The molecule has 2 aromatic carbocycles. The number of aliphatic hydroxyl groups is 1. The molecule has 0 unspecified atom stereocenters. The molecule has 0 aliphatic carbocycles. The van der Waals surface area contributed by atoms with Crippen molar-refractivity contribution in [2.24, 2.45) is 11.8 Å². The highest BCUT2D eigenvalue weighted by Crippen LogP contribution is 2.45. The fourth-order valence-corrected chi connectivity index (χ4v) is 4.88. The summed E-state index contributed by atoms with van der Waals surface area (Å²) in [5.74, 6) is 6.52. The fraction of sp³-hybridized carbons (Fsp3) is 0.400. The van der Waals surface area contributed by atoms with Gasteiger partial charge in [0.05, 0.1) is 12.6 Å². The third kappa shape index (κ3) is 4.40. The van der Waals surface area contributed by atoms with Gasteiger partial charge in [-0.1, -0.05) is 36.1 Å². The van der Waals surface area contributed by atoms with Crippen molar-refractivity contribution in [3.05, 3.63) is 71.0 Å². The maximum absolute atomic E-state index is 13.9. The number of amides is 1. The number of rotatable bonds is 4. The minimum atomic E-state index is -0.253. The van der Waals surface area contributed by atoms with Crippen LogP contribution in [-0.4, -0.2) is 47.1 Å². The highest BCUT2D eigenvalue weighted by molar-refractivity contribution is 5.74. The van der Waals surface area contributed by atoms with Crippen molar-refractivity contribution in [3.63, 3.8) is 0 Å². The van der Waals surface area contributed by atoms with E-state index in [-0.39, 0.29) is 24.4 Å². The predicted molar refractivity (Wildman–Crippen MR) is 114 cm³/mol. The Bertz CT molecular complexity index is 963. The number of fused-ring (bicyclic) bond motifs is 1. The molecule has 5 heteroatoms. The fourth-order valence-electron chi connectivity index (χ4n) is 4.88. The lowest BCUT2D eigenvalue weighted by Gasteiger charge is -2.29. The number of aliphatic hydroxyl groups excluding tert-OH is 1. The van der Waals surface area contributed by atoms with Gasteiger partial charge in [0.2, 0.25) is 5.91 Å². The van der Waals surface area contributed by atoms with Gasteiger partial charge in [-0.3, -0.25) is 9.69 Å². The lowest BCUT2D eigenvalue weighted by Crippen LogP contribution is -2.34. The third-order valence-electron chi connectivity index (χ3n) is 6.16. The number of nitrogens with zero attached hydrogens (tertiary/aromatic N) is 2. The van der Waals surface area contributed by atoms with E-state index in [1.54, 1.807) is 19.1 Å². The molecule has 3 atom stereocenters. The van der Waals surface area contributed by atoms with Crippen LogP contribution in [0.1, 0.15) is 36.1 Å². The Morgan fingerprint density at radius 2 is 1.97 bits per heavy atom. The van der Waals surface area contributed by atoms with E-state index in [1.165, 1.54) is 11.6 Å². The van der Waals surface area contributed by atoms with Crippen LogP contribution in [0.2, 0.25) is 0 Å². The number of hydrogen-bond acceptors (Lipinski definition) is 3. The van der Waals surface area contributed by atoms with Crippen molar-refractivity contribution in [1.29, 1.82) is 0 Å². The van der Waals surface area contributed by atoms with Gasteiger partial charge in [-0.05, 0) is 41.3 Å². The molecule has 2 aromatic rings. The summed E-state index contributed by atoms with van der Waals surface area (Å²) >= 11 is 0. The van der Waals surface area contributed by atoms with Gasteiger partial charge >= 0.3 is 0 Å². The average molecular weight is 407 g/mol. The molecule has 2 aliphatic heterocycles. The van der Waals surface area contributed by atoms with Crippen molar-refractivity contribution in [2.75, 3.05) is 26.2 Å². The Morgan fingerprint density at radius 3 is 2.67 bits per heavy atom. The molecule has 4 nitrogen and oxygen atoms in total. The van der Waals surface area contributed by atoms with E-state index < -0.39 is 0 Å². The first-order valence-corrected chi connectivity index (χ1v) is 10.5. The number of carbonyl (C=O) groups is 1. The van der Waals surface area contributed by atoms with Gasteiger partial charge in [-0.15, -0.1) is 0 Å². The molecule has 0 saturated carbocycles. The Labute approximate surface area is 177 Å². The summed E-state index contributed by atoms with van der Waals surface area (Å²) in [6.07, 6.45) is 0.488. The maximum Gasteiger partial charge on any atom is 0.219 e. The largest absolute Gasteiger partial charge is 0.395 e. The summed E-state index contributed by atoms with van der Waals surface area (Å²) < 4.78 is 13.9. The molecule has 1 N–H and O–H groups in total. The molecule has 0 aromatic heterocycles. The predicted octanol–water partition coefficient (Wildman–Crippen LogP) is 3.21. The van der Waals surface area contributed by atoms with Gasteiger partial charge in [0, 0.05) is 51.0 Å². The minimum absolute atomic E-state index is 0.0580. The first-order chi connectivity index (χ1) is 14.5. The average Bonchev–Trinajstić information content (AvgIpc) is 3.27. The van der Waals surface area contributed by atoms with Crippen LogP contribution in [0.4, 0.5) is 4.39 Å². The lowest BCUT2D eigenvalue weighted by atomic mass is 9.89. The zero-order chi connectivity index (χ0) is 21.1. The van der Waals surface area contributed by atoms with Gasteiger partial charge in [0.25, 0.3) is 0 Å². The Balaban J connectivity index is 1.45. The highest BCUT2D eigenvalue weighted by Gasteiger charge is 2.48. The second kappa shape index (κ2) is 8.99. The van der Waals surface area contributed by atoms with E-state index in [0.29, 0.717) is 18.3 Å². The normalized spacial score (nSPS) is 23.2. The SMILES string of the molecule is CC(=O)N1C[C@H]2CN(Cc3ccc(C#CCCO)cc3)C[C@H]2[C@H]1c1cccc(F)c1. The van der Waals surface area contributed by atoms with Gasteiger partial charge in [-0.2, -0.15) is 0 Å². The topological polar surface area (TPSA) is 43.8 Å². The highest BCUT2D eigenvalue weighted by atomic mass is 19.1. The third-order valence-corrected chi connectivity index (χ3v) is 6.16. The quantitative estimate of drug-likeness (QED) is 0.793. The molecule has 4 rings (SSSR count). The summed E-state index contributed by atoms with van der Waals surface area (Å²) in [5.41, 5.74) is 3.08. The van der Waals surface area contributed by atoms with Gasteiger partial charge in [0.1, 0.15) is 5.82 Å². The maximum atomic E-state index is 13.9. The first kappa shape index (κ1) is 20.6. The number of likely N-dealkylation sites (tertiary alicyclic amines) is 2. The molecule has 156 valence electrons. The monoisotopic (exact) mass is 406 g/mol. The Kier molecular flexibility index (Phi) is 6.17. The molecule has 0 bridgehead atoms. The second-order valence-electron chi connectivity index (χ2n) is 8.26.